The third-order valence-electron chi connectivity index (χ3n) is 5.10. The summed E-state index contributed by atoms with van der Waals surface area (Å²) >= 11 is 11.9. The number of nitrogens with zero attached hydrogens (tertiary/aromatic N) is 5. The number of hydrogen-bond acceptors (Lipinski definition) is 6. The quantitative estimate of drug-likeness (QED) is 0.590. The molecule has 2 aromatic carbocycles. The number of amides is 3. The molecule has 0 radical (unpaired) electrons. The molecular weight excluding hydrogens is 443 g/mol. The summed E-state index contributed by atoms with van der Waals surface area (Å²) in [4.78, 5) is 38.6. The fourth-order valence-electron chi connectivity index (χ4n) is 3.46. The molecule has 11 heteroatoms. The van der Waals surface area contributed by atoms with Gasteiger partial charge in [-0.15, -0.1) is 5.10 Å². The maximum absolute atomic E-state index is 12.6. The minimum Gasteiger partial charge on any atom is -0.325 e. The van der Waals surface area contributed by atoms with E-state index in [2.05, 4.69) is 20.8 Å². The fourth-order valence-corrected chi connectivity index (χ4v) is 3.78. The van der Waals surface area contributed by atoms with Crippen LogP contribution in [0.25, 0.3) is 11.4 Å². The zero-order valence-corrected chi connectivity index (χ0v) is 17.4. The highest BCUT2D eigenvalue weighted by Gasteiger charge is 2.37. The Morgan fingerprint density at radius 3 is 2.39 bits per heavy atom. The summed E-state index contributed by atoms with van der Waals surface area (Å²) in [6.45, 7) is -0.439. The largest absolute Gasteiger partial charge is 0.325 e. The van der Waals surface area contributed by atoms with Crippen LogP contribution >= 0.6 is 23.2 Å². The van der Waals surface area contributed by atoms with Crippen LogP contribution in [0.3, 0.4) is 0 Å². The Hall–Kier alpha value is -3.30. The van der Waals surface area contributed by atoms with Gasteiger partial charge < -0.3 is 5.32 Å². The SMILES string of the molecule is O=C(CN1C(=O)c2cc(Cl)c(Cl)cc2C1=O)Nc1cccc(-c2nnnn2C2CC2)c1. The molecule has 156 valence electrons. The highest BCUT2D eigenvalue weighted by molar-refractivity contribution is 6.43. The van der Waals surface area contributed by atoms with Gasteiger partial charge in [-0.25, -0.2) is 4.68 Å². The maximum Gasteiger partial charge on any atom is 0.262 e. The lowest BCUT2D eigenvalue weighted by molar-refractivity contribution is -0.116. The van der Waals surface area contributed by atoms with Crippen LogP contribution in [-0.2, 0) is 4.79 Å². The van der Waals surface area contributed by atoms with Crippen LogP contribution in [0.5, 0.6) is 0 Å². The summed E-state index contributed by atoms with van der Waals surface area (Å²) in [5.74, 6) is -1.09. The van der Waals surface area contributed by atoms with Crippen LogP contribution in [0.1, 0.15) is 39.6 Å². The molecule has 2 aliphatic rings. The number of anilines is 1. The van der Waals surface area contributed by atoms with Crippen LogP contribution in [0, 0.1) is 0 Å². The van der Waals surface area contributed by atoms with Crippen molar-refractivity contribution in [3.63, 3.8) is 0 Å². The highest BCUT2D eigenvalue weighted by Crippen LogP contribution is 2.37. The van der Waals surface area contributed by atoms with E-state index in [-0.39, 0.29) is 21.2 Å². The molecule has 0 saturated heterocycles. The first kappa shape index (κ1) is 19.7. The Labute approximate surface area is 185 Å². The minimum atomic E-state index is -0.592. The number of carbonyl (C=O) groups excluding carboxylic acids is 3. The van der Waals surface area contributed by atoms with Crippen molar-refractivity contribution >= 4 is 46.6 Å². The van der Waals surface area contributed by atoms with Crippen molar-refractivity contribution in [3.8, 4) is 11.4 Å². The molecule has 1 aromatic heterocycles. The van der Waals surface area contributed by atoms with Gasteiger partial charge in [-0.3, -0.25) is 19.3 Å². The zero-order chi connectivity index (χ0) is 21.7. The van der Waals surface area contributed by atoms with Crippen LogP contribution in [0.15, 0.2) is 36.4 Å². The molecule has 1 aliphatic carbocycles. The Kier molecular flexibility index (Phi) is 4.71. The van der Waals surface area contributed by atoms with Gasteiger partial charge >= 0.3 is 0 Å². The van der Waals surface area contributed by atoms with E-state index in [0.29, 0.717) is 17.6 Å². The zero-order valence-electron chi connectivity index (χ0n) is 15.9. The molecule has 1 N–H and O–H groups in total. The number of imide groups is 1. The lowest BCUT2D eigenvalue weighted by Crippen LogP contribution is -2.37. The van der Waals surface area contributed by atoms with Crippen molar-refractivity contribution < 1.29 is 14.4 Å². The third-order valence-corrected chi connectivity index (χ3v) is 5.83. The number of tetrazole rings is 1. The van der Waals surface area contributed by atoms with Gasteiger partial charge in [-0.05, 0) is 47.5 Å². The molecule has 5 rings (SSSR count). The normalized spacial score (nSPS) is 15.4. The molecule has 1 aliphatic heterocycles. The second-order valence-corrected chi connectivity index (χ2v) is 8.13. The van der Waals surface area contributed by atoms with Crippen LogP contribution in [-0.4, -0.2) is 49.4 Å². The van der Waals surface area contributed by atoms with Crippen molar-refractivity contribution in [2.45, 2.75) is 18.9 Å². The van der Waals surface area contributed by atoms with E-state index in [1.807, 2.05) is 6.07 Å². The van der Waals surface area contributed by atoms with Gasteiger partial charge in [0.05, 0.1) is 27.2 Å². The molecule has 31 heavy (non-hydrogen) atoms. The molecule has 0 spiro atoms. The van der Waals surface area contributed by atoms with Gasteiger partial charge in [0.15, 0.2) is 5.82 Å². The lowest BCUT2D eigenvalue weighted by atomic mass is 10.1. The predicted molar refractivity (Wildman–Crippen MR) is 112 cm³/mol. The molecule has 1 fully saturated rings. The lowest BCUT2D eigenvalue weighted by Gasteiger charge is -2.14. The minimum absolute atomic E-state index is 0.126. The van der Waals surface area contributed by atoms with E-state index in [9.17, 15) is 14.4 Å². The fraction of sp³-hybridized carbons (Fsp3) is 0.200. The van der Waals surface area contributed by atoms with Gasteiger partial charge in [-0.2, -0.15) is 0 Å². The molecule has 0 bridgehead atoms. The van der Waals surface area contributed by atoms with Gasteiger partial charge in [0.2, 0.25) is 5.91 Å². The summed E-state index contributed by atoms with van der Waals surface area (Å²) in [7, 11) is 0. The average Bonchev–Trinajstić information content (AvgIpc) is 3.44. The number of aromatic nitrogens is 4. The molecule has 2 heterocycles. The van der Waals surface area contributed by atoms with Gasteiger partial charge in [-0.1, -0.05) is 35.3 Å². The number of nitrogens with one attached hydrogen (secondary N) is 1. The number of carbonyl (C=O) groups is 3. The Morgan fingerprint density at radius 2 is 1.74 bits per heavy atom. The Bertz CT molecular complexity index is 1210. The maximum atomic E-state index is 12.6. The summed E-state index contributed by atoms with van der Waals surface area (Å²) in [6.07, 6.45) is 2.07. The number of hydrogen-bond donors (Lipinski definition) is 1. The molecule has 9 nitrogen and oxygen atoms in total. The van der Waals surface area contributed by atoms with Gasteiger partial charge in [0, 0.05) is 11.3 Å². The van der Waals surface area contributed by atoms with Crippen LogP contribution < -0.4 is 5.32 Å². The third kappa shape index (κ3) is 3.55. The summed E-state index contributed by atoms with van der Waals surface area (Å²) < 4.78 is 1.77. The van der Waals surface area contributed by atoms with E-state index in [1.165, 1.54) is 12.1 Å². The highest BCUT2D eigenvalue weighted by atomic mass is 35.5. The van der Waals surface area contributed by atoms with Gasteiger partial charge in [0.1, 0.15) is 6.54 Å². The summed E-state index contributed by atoms with van der Waals surface area (Å²) in [5.41, 5.74) is 1.50. The predicted octanol–water partition coefficient (Wildman–Crippen LogP) is 3.22. The second-order valence-electron chi connectivity index (χ2n) is 7.32. The van der Waals surface area contributed by atoms with E-state index >= 15 is 0 Å². The molecule has 0 atom stereocenters. The number of rotatable bonds is 5. The van der Waals surface area contributed by atoms with E-state index in [4.69, 9.17) is 23.2 Å². The first-order chi connectivity index (χ1) is 14.9. The molecular formula is C20H14Cl2N6O3. The summed E-state index contributed by atoms with van der Waals surface area (Å²) in [5, 5.41) is 14.9. The van der Waals surface area contributed by atoms with E-state index in [1.54, 1.807) is 22.9 Å². The van der Waals surface area contributed by atoms with E-state index in [0.717, 1.165) is 23.3 Å². The monoisotopic (exact) mass is 456 g/mol. The molecule has 3 aromatic rings. The second kappa shape index (κ2) is 7.44. The smallest absolute Gasteiger partial charge is 0.262 e. The Balaban J connectivity index is 1.32. The van der Waals surface area contributed by atoms with Crippen molar-refractivity contribution in [1.29, 1.82) is 0 Å². The van der Waals surface area contributed by atoms with Crippen molar-refractivity contribution in [1.82, 2.24) is 25.1 Å². The van der Waals surface area contributed by atoms with Crippen LogP contribution in [0.4, 0.5) is 5.69 Å². The van der Waals surface area contributed by atoms with Crippen molar-refractivity contribution in [3.05, 3.63) is 57.6 Å². The first-order valence-electron chi connectivity index (χ1n) is 9.46. The number of halogens is 2. The summed E-state index contributed by atoms with van der Waals surface area (Å²) in [6, 6.07) is 10.0. The Morgan fingerprint density at radius 1 is 1.06 bits per heavy atom. The van der Waals surface area contributed by atoms with Gasteiger partial charge in [0.25, 0.3) is 11.8 Å². The molecule has 1 saturated carbocycles. The standard InChI is InChI=1S/C20H14Cl2N6O3/c21-15-7-13-14(8-16(15)22)20(31)27(19(13)30)9-17(29)23-11-3-1-2-10(6-11)18-24-25-26-28(18)12-4-5-12/h1-3,6-8,12H,4-5,9H2,(H,23,29). The topological polar surface area (TPSA) is 110 Å². The number of fused-ring (bicyclic) bond motifs is 1. The molecule has 3 amide bonds. The van der Waals surface area contributed by atoms with Crippen molar-refractivity contribution in [2.24, 2.45) is 0 Å². The molecule has 0 unspecified atom stereocenters. The van der Waals surface area contributed by atoms with Crippen LogP contribution in [0.2, 0.25) is 10.0 Å². The average molecular weight is 457 g/mol. The number of benzene rings is 2. The van der Waals surface area contributed by atoms with Crippen molar-refractivity contribution in [2.75, 3.05) is 11.9 Å². The van der Waals surface area contributed by atoms with E-state index < -0.39 is 24.3 Å². The first-order valence-corrected chi connectivity index (χ1v) is 10.2.